The van der Waals surface area contributed by atoms with E-state index in [-0.39, 0.29) is 12.0 Å². The molecule has 0 radical (unpaired) electrons. The van der Waals surface area contributed by atoms with Crippen LogP contribution in [0.4, 0.5) is 0 Å². The highest BCUT2D eigenvalue weighted by Gasteiger charge is 2.66. The lowest BCUT2D eigenvalue weighted by molar-refractivity contribution is -0.0850. The second-order valence-electron chi connectivity index (χ2n) is 5.92. The summed E-state index contributed by atoms with van der Waals surface area (Å²) in [6, 6.07) is 0. The normalized spacial score (nSPS) is 49.7. The lowest BCUT2D eigenvalue weighted by atomic mass is 9.66. The molecular weight excluding hydrogens is 244 g/mol. The Bertz CT molecular complexity index is 401. The average Bonchev–Trinajstić information content (AvgIpc) is 2.81. The van der Waals surface area contributed by atoms with Crippen molar-refractivity contribution in [2.45, 2.75) is 50.1 Å². The van der Waals surface area contributed by atoms with Crippen LogP contribution in [0, 0.1) is 17.8 Å². The van der Waals surface area contributed by atoms with Crippen LogP contribution in [0.2, 0.25) is 0 Å². The average molecular weight is 266 g/mol. The van der Waals surface area contributed by atoms with Crippen molar-refractivity contribution in [2.75, 3.05) is 5.75 Å². The van der Waals surface area contributed by atoms with Gasteiger partial charge in [0, 0.05) is 5.25 Å². The summed E-state index contributed by atoms with van der Waals surface area (Å²) in [5.41, 5.74) is 2.31. The molecule has 0 spiro atoms. The Hall–Kier alpha value is -0.370. The molecule has 0 aromatic carbocycles. The zero-order valence-corrected chi connectivity index (χ0v) is 12.0. The molecule has 1 aliphatic heterocycles. The number of thioether (sulfide) groups is 1. The largest absolute Gasteiger partial charge is 0.483 e. The van der Waals surface area contributed by atoms with Crippen molar-refractivity contribution >= 4 is 11.8 Å². The smallest absolute Gasteiger partial charge is 0.145 e. The van der Waals surface area contributed by atoms with Crippen LogP contribution in [0.15, 0.2) is 18.1 Å². The fourth-order valence-electron chi connectivity index (χ4n) is 4.36. The zero-order valence-electron chi connectivity index (χ0n) is 11.2. The summed E-state index contributed by atoms with van der Waals surface area (Å²) >= 11 is 1.96. The summed E-state index contributed by atoms with van der Waals surface area (Å²) < 4.78 is 5.96. The van der Waals surface area contributed by atoms with Gasteiger partial charge in [-0.05, 0) is 36.9 Å². The minimum absolute atomic E-state index is 0.00999. The van der Waals surface area contributed by atoms with Gasteiger partial charge in [-0.25, -0.2) is 0 Å². The van der Waals surface area contributed by atoms with Crippen molar-refractivity contribution in [3.8, 4) is 0 Å². The van der Waals surface area contributed by atoms with Crippen molar-refractivity contribution in [2.24, 2.45) is 17.8 Å². The Morgan fingerprint density at radius 3 is 3.00 bits per heavy atom. The summed E-state index contributed by atoms with van der Waals surface area (Å²) in [5.74, 6) is 3.06. The van der Waals surface area contributed by atoms with Crippen molar-refractivity contribution in [1.82, 2.24) is 0 Å². The molecule has 2 nitrogen and oxygen atoms in total. The predicted octanol–water partition coefficient (Wildman–Crippen LogP) is 2.97. The summed E-state index contributed by atoms with van der Waals surface area (Å²) in [4.78, 5) is 0. The maximum Gasteiger partial charge on any atom is 0.145 e. The molecule has 6 atom stereocenters. The molecule has 6 unspecified atom stereocenters. The number of rotatable bonds is 2. The first kappa shape index (κ1) is 12.7. The minimum atomic E-state index is -0.640. The van der Waals surface area contributed by atoms with Gasteiger partial charge in [-0.3, -0.25) is 0 Å². The molecule has 3 aliphatic rings. The van der Waals surface area contributed by atoms with Crippen LogP contribution < -0.4 is 0 Å². The zero-order chi connectivity index (χ0) is 12.9. The third kappa shape index (κ3) is 1.47. The fraction of sp³-hybridized carbons (Fsp3) is 0.800. The van der Waals surface area contributed by atoms with E-state index in [1.54, 1.807) is 0 Å². The highest BCUT2D eigenvalue weighted by atomic mass is 32.2. The standard InChI is InChI=1S/C15H22O2S/c1-4-11-13-14(18-5-2)9(3)8-10-6-7-12(17-11)15(10,13)16/h9-10,12-14,16H,1,5-8H2,2-3H3. The van der Waals surface area contributed by atoms with Crippen molar-refractivity contribution < 1.29 is 9.84 Å². The van der Waals surface area contributed by atoms with Crippen molar-refractivity contribution in [3.05, 3.63) is 18.1 Å². The molecule has 1 heterocycles. The first-order chi connectivity index (χ1) is 8.62. The van der Waals surface area contributed by atoms with Gasteiger partial charge in [0.05, 0.1) is 5.92 Å². The quantitative estimate of drug-likeness (QED) is 0.779. The Labute approximate surface area is 113 Å². The second kappa shape index (κ2) is 4.33. The Balaban J connectivity index is 2.03. The SMILES string of the molecule is C=C=C1OC2CCC3CC(C)C(SCC)C1C32O. The summed E-state index contributed by atoms with van der Waals surface area (Å²) in [5, 5.41) is 11.6. The van der Waals surface area contributed by atoms with Gasteiger partial charge >= 0.3 is 0 Å². The third-order valence-corrected chi connectivity index (χ3v) is 6.53. The molecule has 3 heteroatoms. The summed E-state index contributed by atoms with van der Waals surface area (Å²) in [7, 11) is 0. The fourth-order valence-corrected chi connectivity index (χ4v) is 5.72. The van der Waals surface area contributed by atoms with Gasteiger partial charge < -0.3 is 9.84 Å². The summed E-state index contributed by atoms with van der Waals surface area (Å²) in [6.07, 6.45) is 3.22. The molecule has 2 saturated carbocycles. The number of ether oxygens (including phenoxy) is 1. The monoisotopic (exact) mass is 266 g/mol. The predicted molar refractivity (Wildman–Crippen MR) is 74.4 cm³/mol. The van der Waals surface area contributed by atoms with E-state index in [2.05, 4.69) is 26.2 Å². The maximum atomic E-state index is 11.2. The van der Waals surface area contributed by atoms with Crippen LogP contribution in [0.25, 0.3) is 0 Å². The Morgan fingerprint density at radius 2 is 2.33 bits per heavy atom. The van der Waals surface area contributed by atoms with Crippen LogP contribution in [-0.2, 0) is 4.74 Å². The van der Waals surface area contributed by atoms with E-state index in [9.17, 15) is 5.11 Å². The number of hydrogen-bond donors (Lipinski definition) is 1. The van der Waals surface area contributed by atoms with Crippen LogP contribution in [0.3, 0.4) is 0 Å². The van der Waals surface area contributed by atoms with Crippen LogP contribution in [-0.4, -0.2) is 27.8 Å². The van der Waals surface area contributed by atoms with Gasteiger partial charge in [-0.1, -0.05) is 26.2 Å². The van der Waals surface area contributed by atoms with E-state index in [1.165, 1.54) is 0 Å². The molecule has 18 heavy (non-hydrogen) atoms. The first-order valence-electron chi connectivity index (χ1n) is 7.03. The molecule has 1 saturated heterocycles. The number of aliphatic hydroxyl groups is 1. The van der Waals surface area contributed by atoms with Gasteiger partial charge in [0.1, 0.15) is 17.5 Å². The van der Waals surface area contributed by atoms with Crippen molar-refractivity contribution in [3.63, 3.8) is 0 Å². The van der Waals surface area contributed by atoms with Gasteiger partial charge in [0.2, 0.25) is 0 Å². The molecule has 0 amide bonds. The van der Waals surface area contributed by atoms with E-state index in [4.69, 9.17) is 4.74 Å². The maximum absolute atomic E-state index is 11.2. The molecule has 1 N–H and O–H groups in total. The molecule has 0 aromatic heterocycles. The van der Waals surface area contributed by atoms with E-state index in [0.717, 1.165) is 30.8 Å². The van der Waals surface area contributed by atoms with E-state index < -0.39 is 5.60 Å². The summed E-state index contributed by atoms with van der Waals surface area (Å²) in [6.45, 7) is 8.27. The lowest BCUT2D eigenvalue weighted by Gasteiger charge is -2.45. The molecule has 3 rings (SSSR count). The van der Waals surface area contributed by atoms with Crippen LogP contribution in [0.1, 0.15) is 33.1 Å². The van der Waals surface area contributed by atoms with Crippen molar-refractivity contribution in [1.29, 1.82) is 0 Å². The van der Waals surface area contributed by atoms with Gasteiger partial charge in [-0.15, -0.1) is 0 Å². The second-order valence-corrected chi connectivity index (χ2v) is 7.37. The lowest BCUT2D eigenvalue weighted by Crippen LogP contribution is -2.54. The minimum Gasteiger partial charge on any atom is -0.483 e. The van der Waals surface area contributed by atoms with E-state index in [0.29, 0.717) is 17.1 Å². The molecule has 3 fully saturated rings. The van der Waals surface area contributed by atoms with Gasteiger partial charge in [0.15, 0.2) is 0 Å². The number of hydrogen-bond acceptors (Lipinski definition) is 3. The first-order valence-corrected chi connectivity index (χ1v) is 8.08. The van der Waals surface area contributed by atoms with Gasteiger partial charge in [0.25, 0.3) is 0 Å². The van der Waals surface area contributed by atoms with Gasteiger partial charge in [-0.2, -0.15) is 11.8 Å². The Morgan fingerprint density at radius 1 is 1.56 bits per heavy atom. The molecular formula is C15H22O2S. The molecule has 0 bridgehead atoms. The van der Waals surface area contributed by atoms with Crippen LogP contribution >= 0.6 is 11.8 Å². The molecule has 2 aliphatic carbocycles. The topological polar surface area (TPSA) is 29.5 Å². The van der Waals surface area contributed by atoms with E-state index >= 15 is 0 Å². The highest BCUT2D eigenvalue weighted by molar-refractivity contribution is 7.99. The third-order valence-electron chi connectivity index (χ3n) is 5.08. The molecule has 100 valence electrons. The van der Waals surface area contributed by atoms with Crippen LogP contribution in [0.5, 0.6) is 0 Å². The highest BCUT2D eigenvalue weighted by Crippen LogP contribution is 2.60. The molecule has 0 aromatic rings. The Kier molecular flexibility index (Phi) is 3.04. The van der Waals surface area contributed by atoms with E-state index in [1.807, 2.05) is 11.8 Å².